The van der Waals surface area contributed by atoms with E-state index < -0.39 is 10.0 Å². The number of nitrogens with two attached hydrogens (primary N) is 1. The van der Waals surface area contributed by atoms with E-state index >= 15 is 0 Å². The maximum Gasteiger partial charge on any atom is 0.265 e. The van der Waals surface area contributed by atoms with Crippen LogP contribution in [0.3, 0.4) is 0 Å². The van der Waals surface area contributed by atoms with Crippen LogP contribution >= 0.6 is 15.9 Å². The van der Waals surface area contributed by atoms with Crippen LogP contribution in [0.4, 0.5) is 11.4 Å². The van der Waals surface area contributed by atoms with E-state index in [0.29, 0.717) is 10.2 Å². The van der Waals surface area contributed by atoms with Gasteiger partial charge in [0.05, 0.1) is 11.4 Å². The number of sulfonamides is 1. The van der Waals surface area contributed by atoms with E-state index in [1.54, 1.807) is 0 Å². The molecule has 0 spiro atoms. The van der Waals surface area contributed by atoms with Gasteiger partial charge in [-0.05, 0) is 53.0 Å². The number of hydrogen-bond acceptors (Lipinski definition) is 4. The Morgan fingerprint density at radius 1 is 1.30 bits per heavy atom. The van der Waals surface area contributed by atoms with Gasteiger partial charge in [0.25, 0.3) is 10.0 Å². The number of aromatic nitrogens is 1. The Labute approximate surface area is 126 Å². The molecule has 0 aliphatic carbocycles. The van der Waals surface area contributed by atoms with Crippen LogP contribution in [-0.2, 0) is 10.0 Å². The van der Waals surface area contributed by atoms with Gasteiger partial charge in [-0.25, -0.2) is 8.42 Å². The van der Waals surface area contributed by atoms with Gasteiger partial charge in [0.1, 0.15) is 4.90 Å². The van der Waals surface area contributed by atoms with Crippen molar-refractivity contribution in [2.75, 3.05) is 10.5 Å². The SMILES string of the molecule is Cc1cc(C)c(NS(=O)(=O)c2cnccc2N)c(Br)c1. The zero-order valence-electron chi connectivity index (χ0n) is 11.0. The summed E-state index contributed by atoms with van der Waals surface area (Å²) in [6.07, 6.45) is 2.68. The molecule has 0 saturated carbocycles. The lowest BCUT2D eigenvalue weighted by molar-refractivity contribution is 0.601. The monoisotopic (exact) mass is 355 g/mol. The normalized spacial score (nSPS) is 11.3. The van der Waals surface area contributed by atoms with Crippen molar-refractivity contribution in [3.8, 4) is 0 Å². The van der Waals surface area contributed by atoms with E-state index in [1.165, 1.54) is 18.5 Å². The molecule has 0 radical (unpaired) electrons. The average molecular weight is 356 g/mol. The Morgan fingerprint density at radius 3 is 2.60 bits per heavy atom. The summed E-state index contributed by atoms with van der Waals surface area (Å²) in [5.74, 6) is 0. The molecule has 0 saturated heterocycles. The van der Waals surface area contributed by atoms with E-state index in [1.807, 2.05) is 26.0 Å². The van der Waals surface area contributed by atoms with Crippen LogP contribution in [0.2, 0.25) is 0 Å². The fraction of sp³-hybridized carbons (Fsp3) is 0.154. The highest BCUT2D eigenvalue weighted by molar-refractivity contribution is 9.10. The summed E-state index contributed by atoms with van der Waals surface area (Å²) in [7, 11) is -3.77. The van der Waals surface area contributed by atoms with Gasteiger partial charge >= 0.3 is 0 Å². The van der Waals surface area contributed by atoms with Gasteiger partial charge in [-0.2, -0.15) is 0 Å². The van der Waals surface area contributed by atoms with E-state index in [4.69, 9.17) is 5.73 Å². The molecule has 2 rings (SSSR count). The number of nitrogens with one attached hydrogen (secondary N) is 1. The first-order valence-corrected chi connectivity index (χ1v) is 8.08. The van der Waals surface area contributed by atoms with Crippen LogP contribution in [0.1, 0.15) is 11.1 Å². The fourth-order valence-corrected chi connectivity index (χ4v) is 3.98. The molecule has 7 heteroatoms. The first kappa shape index (κ1) is 14.8. The number of pyridine rings is 1. The quantitative estimate of drug-likeness (QED) is 0.886. The van der Waals surface area contributed by atoms with Crippen molar-refractivity contribution in [1.29, 1.82) is 0 Å². The topological polar surface area (TPSA) is 85.1 Å². The molecule has 1 aromatic carbocycles. The summed E-state index contributed by atoms with van der Waals surface area (Å²) in [5, 5.41) is 0. The third-order valence-corrected chi connectivity index (χ3v) is 4.79. The molecule has 0 bridgehead atoms. The second-order valence-electron chi connectivity index (χ2n) is 4.46. The maximum absolute atomic E-state index is 12.4. The van der Waals surface area contributed by atoms with Gasteiger partial charge in [0, 0.05) is 16.9 Å². The third kappa shape index (κ3) is 2.94. The molecule has 0 aliphatic heterocycles. The van der Waals surface area contributed by atoms with Crippen molar-refractivity contribution in [2.24, 2.45) is 0 Å². The molecular formula is C13H14BrN3O2S. The van der Waals surface area contributed by atoms with Crippen LogP contribution < -0.4 is 10.5 Å². The Hall–Kier alpha value is -1.60. The molecule has 0 atom stereocenters. The van der Waals surface area contributed by atoms with Crippen molar-refractivity contribution in [3.05, 3.63) is 46.2 Å². The third-order valence-electron chi connectivity index (χ3n) is 2.77. The van der Waals surface area contributed by atoms with E-state index in [2.05, 4.69) is 25.6 Å². The highest BCUT2D eigenvalue weighted by Crippen LogP contribution is 2.30. The number of nitrogens with zero attached hydrogens (tertiary/aromatic N) is 1. The van der Waals surface area contributed by atoms with Gasteiger partial charge < -0.3 is 5.73 Å². The van der Waals surface area contributed by atoms with Gasteiger partial charge in [-0.15, -0.1) is 0 Å². The Kier molecular flexibility index (Phi) is 4.01. The summed E-state index contributed by atoms with van der Waals surface area (Å²) < 4.78 is 27.9. The molecule has 1 heterocycles. The maximum atomic E-state index is 12.4. The second-order valence-corrected chi connectivity index (χ2v) is 6.96. The Morgan fingerprint density at radius 2 is 2.00 bits per heavy atom. The zero-order chi connectivity index (χ0) is 14.9. The molecule has 5 nitrogen and oxygen atoms in total. The molecule has 2 aromatic rings. The number of halogens is 1. The summed E-state index contributed by atoms with van der Waals surface area (Å²) in [5.41, 5.74) is 8.21. The molecule has 106 valence electrons. The number of aryl methyl sites for hydroxylation is 2. The summed E-state index contributed by atoms with van der Waals surface area (Å²) in [4.78, 5) is 3.77. The smallest absolute Gasteiger partial charge is 0.265 e. The standard InChI is InChI=1S/C13H14BrN3O2S/c1-8-5-9(2)13(10(14)6-8)17-20(18,19)12-7-16-4-3-11(12)15/h3-7,17H,1-2H3,(H2,15,16). The van der Waals surface area contributed by atoms with Crippen molar-refractivity contribution >= 4 is 37.3 Å². The first-order valence-electron chi connectivity index (χ1n) is 5.80. The van der Waals surface area contributed by atoms with Gasteiger partial charge in [-0.1, -0.05) is 6.07 Å². The lowest BCUT2D eigenvalue weighted by atomic mass is 10.1. The fourth-order valence-electron chi connectivity index (χ4n) is 1.85. The van der Waals surface area contributed by atoms with E-state index in [9.17, 15) is 8.42 Å². The van der Waals surface area contributed by atoms with Crippen LogP contribution in [0.15, 0.2) is 40.0 Å². The molecule has 0 aliphatic rings. The largest absolute Gasteiger partial charge is 0.398 e. The lowest BCUT2D eigenvalue weighted by Crippen LogP contribution is -2.16. The molecule has 0 amide bonds. The highest BCUT2D eigenvalue weighted by Gasteiger charge is 2.20. The first-order chi connectivity index (χ1) is 9.31. The molecule has 0 fully saturated rings. The summed E-state index contributed by atoms with van der Waals surface area (Å²) in [6.45, 7) is 3.78. The number of rotatable bonds is 3. The van der Waals surface area contributed by atoms with Gasteiger partial charge in [0.2, 0.25) is 0 Å². The van der Waals surface area contributed by atoms with Crippen LogP contribution in [0.5, 0.6) is 0 Å². The minimum Gasteiger partial charge on any atom is -0.398 e. The second kappa shape index (κ2) is 5.41. The Bertz CT molecular complexity index is 737. The summed E-state index contributed by atoms with van der Waals surface area (Å²) in [6, 6.07) is 5.19. The predicted molar refractivity (Wildman–Crippen MR) is 83.1 cm³/mol. The van der Waals surface area contributed by atoms with Crippen molar-refractivity contribution in [1.82, 2.24) is 4.98 Å². The van der Waals surface area contributed by atoms with Crippen molar-refractivity contribution in [3.63, 3.8) is 0 Å². The van der Waals surface area contributed by atoms with Crippen LogP contribution in [0, 0.1) is 13.8 Å². The minimum absolute atomic E-state index is 0.0353. The molecule has 20 heavy (non-hydrogen) atoms. The molecular weight excluding hydrogens is 342 g/mol. The van der Waals surface area contributed by atoms with E-state index in [0.717, 1.165) is 11.1 Å². The summed E-state index contributed by atoms with van der Waals surface area (Å²) >= 11 is 3.37. The minimum atomic E-state index is -3.77. The zero-order valence-corrected chi connectivity index (χ0v) is 13.4. The molecule has 3 N–H and O–H groups in total. The lowest BCUT2D eigenvalue weighted by Gasteiger charge is -2.14. The number of hydrogen-bond donors (Lipinski definition) is 2. The number of nitrogen functional groups attached to an aromatic ring is 1. The van der Waals surface area contributed by atoms with Crippen LogP contribution in [0.25, 0.3) is 0 Å². The highest BCUT2D eigenvalue weighted by atomic mass is 79.9. The van der Waals surface area contributed by atoms with Crippen LogP contribution in [-0.4, -0.2) is 13.4 Å². The predicted octanol–water partition coefficient (Wildman–Crippen LogP) is 2.84. The molecule has 1 aromatic heterocycles. The Balaban J connectivity index is 2.47. The van der Waals surface area contributed by atoms with Gasteiger partial charge in [0.15, 0.2) is 0 Å². The van der Waals surface area contributed by atoms with Crippen molar-refractivity contribution < 1.29 is 8.42 Å². The number of benzene rings is 1. The van der Waals surface area contributed by atoms with Crippen molar-refractivity contribution in [2.45, 2.75) is 18.7 Å². The van der Waals surface area contributed by atoms with E-state index in [-0.39, 0.29) is 10.6 Å². The molecule has 0 unspecified atom stereocenters. The number of anilines is 2. The average Bonchev–Trinajstić information content (AvgIpc) is 2.34. The van der Waals surface area contributed by atoms with Gasteiger partial charge in [-0.3, -0.25) is 9.71 Å².